The first-order chi connectivity index (χ1) is 11.0. The molecule has 7 heteroatoms. The Kier molecular flexibility index (Phi) is 6.74. The summed E-state index contributed by atoms with van der Waals surface area (Å²) in [5.74, 6) is 0.999. The fourth-order valence-electron chi connectivity index (χ4n) is 3.30. The Bertz CT molecular complexity index is 450. The normalized spacial score (nSPS) is 20.3. The molecule has 2 rings (SSSR count). The molecule has 2 heterocycles. The van der Waals surface area contributed by atoms with Gasteiger partial charge < -0.3 is 14.7 Å². The van der Waals surface area contributed by atoms with Gasteiger partial charge in [0.25, 0.3) is 0 Å². The molecule has 0 aromatic rings. The molecule has 2 aliphatic heterocycles. The highest BCUT2D eigenvalue weighted by molar-refractivity contribution is 7.99. The minimum atomic E-state index is 0.0269. The van der Waals surface area contributed by atoms with Crippen molar-refractivity contribution in [3.05, 3.63) is 0 Å². The van der Waals surface area contributed by atoms with Gasteiger partial charge in [-0.05, 0) is 25.5 Å². The lowest BCUT2D eigenvalue weighted by atomic mass is 9.95. The lowest BCUT2D eigenvalue weighted by Gasteiger charge is -2.33. The third kappa shape index (κ3) is 4.86. The first-order valence-corrected chi connectivity index (χ1v) is 9.73. The molecule has 0 spiro atoms. The molecule has 6 nitrogen and oxygen atoms in total. The Morgan fingerprint density at radius 2 is 1.52 bits per heavy atom. The largest absolute Gasteiger partial charge is 0.343 e. The maximum absolute atomic E-state index is 12.7. The van der Waals surface area contributed by atoms with E-state index in [1.165, 1.54) is 11.8 Å². The van der Waals surface area contributed by atoms with Gasteiger partial charge in [-0.2, -0.15) is 11.8 Å². The monoisotopic (exact) mass is 341 g/mol. The van der Waals surface area contributed by atoms with Gasteiger partial charge in [-0.25, -0.2) is 0 Å². The van der Waals surface area contributed by atoms with Crippen LogP contribution in [0.2, 0.25) is 0 Å². The molecule has 0 aromatic carbocycles. The Morgan fingerprint density at radius 3 is 2.13 bits per heavy atom. The Labute approximate surface area is 142 Å². The molecule has 3 amide bonds. The highest BCUT2D eigenvalue weighted by atomic mass is 32.2. The van der Waals surface area contributed by atoms with Crippen LogP contribution in [0.4, 0.5) is 0 Å². The van der Waals surface area contributed by atoms with Crippen molar-refractivity contribution in [1.82, 2.24) is 14.7 Å². The van der Waals surface area contributed by atoms with E-state index in [1.807, 2.05) is 21.0 Å². The fourth-order valence-corrected chi connectivity index (χ4v) is 3.73. The smallest absolute Gasteiger partial charge is 0.232 e. The van der Waals surface area contributed by atoms with Gasteiger partial charge in [0.05, 0.1) is 5.75 Å². The van der Waals surface area contributed by atoms with E-state index in [9.17, 15) is 14.4 Å². The zero-order valence-corrected chi connectivity index (χ0v) is 14.9. The van der Waals surface area contributed by atoms with Crippen LogP contribution in [0.25, 0.3) is 0 Å². The number of piperidine rings is 1. The average molecular weight is 341 g/mol. The SMILES string of the molecule is CSCC(=O)N1CCCN(C(=O)C2CCN(C(C)=O)CC2)CC1. The summed E-state index contributed by atoms with van der Waals surface area (Å²) in [6.45, 7) is 5.68. The minimum Gasteiger partial charge on any atom is -0.343 e. The molecule has 0 N–H and O–H groups in total. The summed E-state index contributed by atoms with van der Waals surface area (Å²) in [5.41, 5.74) is 0. The standard InChI is InChI=1S/C16H27N3O3S/c1-13(20)17-8-4-14(5-9-17)16(22)19-7-3-6-18(10-11-19)15(21)12-23-2/h14H,3-12H2,1-2H3. The molecule has 2 saturated heterocycles. The molecule has 0 aliphatic carbocycles. The van der Waals surface area contributed by atoms with Crippen molar-refractivity contribution in [2.45, 2.75) is 26.2 Å². The van der Waals surface area contributed by atoms with E-state index in [1.54, 1.807) is 6.92 Å². The van der Waals surface area contributed by atoms with Gasteiger partial charge >= 0.3 is 0 Å². The number of carbonyl (C=O) groups excluding carboxylic acids is 3. The average Bonchev–Trinajstić information content (AvgIpc) is 2.80. The Balaban J connectivity index is 1.84. The van der Waals surface area contributed by atoms with E-state index >= 15 is 0 Å². The zero-order valence-electron chi connectivity index (χ0n) is 14.1. The molecule has 2 fully saturated rings. The van der Waals surface area contributed by atoms with E-state index in [0.29, 0.717) is 31.9 Å². The van der Waals surface area contributed by atoms with Crippen molar-refractivity contribution in [3.63, 3.8) is 0 Å². The summed E-state index contributed by atoms with van der Waals surface area (Å²) in [5, 5.41) is 0. The summed E-state index contributed by atoms with van der Waals surface area (Å²) in [7, 11) is 0. The molecule has 23 heavy (non-hydrogen) atoms. The summed E-state index contributed by atoms with van der Waals surface area (Å²) < 4.78 is 0. The molecule has 0 saturated carbocycles. The summed E-state index contributed by atoms with van der Waals surface area (Å²) in [6.07, 6.45) is 4.28. The van der Waals surface area contributed by atoms with Crippen molar-refractivity contribution in [1.29, 1.82) is 0 Å². The van der Waals surface area contributed by atoms with Crippen LogP contribution in [0.1, 0.15) is 26.2 Å². The summed E-state index contributed by atoms with van der Waals surface area (Å²) >= 11 is 1.54. The number of nitrogens with zero attached hydrogens (tertiary/aromatic N) is 3. The molecule has 0 atom stereocenters. The van der Waals surface area contributed by atoms with Crippen LogP contribution in [0, 0.1) is 5.92 Å². The first kappa shape index (κ1) is 18.1. The Morgan fingerprint density at radius 1 is 0.913 bits per heavy atom. The first-order valence-electron chi connectivity index (χ1n) is 8.34. The number of hydrogen-bond acceptors (Lipinski definition) is 4. The van der Waals surface area contributed by atoms with Crippen LogP contribution in [0.15, 0.2) is 0 Å². The van der Waals surface area contributed by atoms with Gasteiger partial charge in [-0.1, -0.05) is 0 Å². The number of thioether (sulfide) groups is 1. The zero-order chi connectivity index (χ0) is 16.8. The van der Waals surface area contributed by atoms with Crippen LogP contribution in [0.5, 0.6) is 0 Å². The van der Waals surface area contributed by atoms with Crippen LogP contribution in [-0.4, -0.2) is 83.7 Å². The maximum Gasteiger partial charge on any atom is 0.232 e. The van der Waals surface area contributed by atoms with Crippen molar-refractivity contribution in [2.75, 3.05) is 51.3 Å². The summed E-state index contributed by atoms with van der Waals surface area (Å²) in [4.78, 5) is 41.7. The van der Waals surface area contributed by atoms with E-state index in [-0.39, 0.29) is 23.6 Å². The minimum absolute atomic E-state index is 0.0269. The molecule has 0 aromatic heterocycles. The second kappa shape index (κ2) is 8.57. The predicted octanol–water partition coefficient (Wildman–Crippen LogP) is 0.669. The molecule has 2 aliphatic rings. The van der Waals surface area contributed by atoms with E-state index in [0.717, 1.165) is 32.4 Å². The molecule has 130 valence electrons. The van der Waals surface area contributed by atoms with Crippen LogP contribution in [-0.2, 0) is 14.4 Å². The second-order valence-electron chi connectivity index (χ2n) is 6.27. The van der Waals surface area contributed by atoms with Gasteiger partial charge in [-0.15, -0.1) is 0 Å². The quantitative estimate of drug-likeness (QED) is 0.757. The predicted molar refractivity (Wildman–Crippen MR) is 91.1 cm³/mol. The second-order valence-corrected chi connectivity index (χ2v) is 7.14. The van der Waals surface area contributed by atoms with E-state index < -0.39 is 0 Å². The van der Waals surface area contributed by atoms with Crippen LogP contribution < -0.4 is 0 Å². The summed E-state index contributed by atoms with van der Waals surface area (Å²) in [6, 6.07) is 0. The number of carbonyl (C=O) groups is 3. The molecular weight excluding hydrogens is 314 g/mol. The van der Waals surface area contributed by atoms with Gasteiger partial charge in [0.1, 0.15) is 0 Å². The number of hydrogen-bond donors (Lipinski definition) is 0. The lowest BCUT2D eigenvalue weighted by molar-refractivity contribution is -0.140. The topological polar surface area (TPSA) is 60.9 Å². The fraction of sp³-hybridized carbons (Fsp3) is 0.812. The van der Waals surface area contributed by atoms with Crippen molar-refractivity contribution in [3.8, 4) is 0 Å². The van der Waals surface area contributed by atoms with Gasteiger partial charge in [0.2, 0.25) is 17.7 Å². The number of rotatable bonds is 3. The van der Waals surface area contributed by atoms with Gasteiger partial charge in [-0.3, -0.25) is 14.4 Å². The third-order valence-corrected chi connectivity index (χ3v) is 5.25. The number of likely N-dealkylation sites (tertiary alicyclic amines) is 1. The van der Waals surface area contributed by atoms with Crippen LogP contribution in [0.3, 0.4) is 0 Å². The molecule has 0 radical (unpaired) electrons. The molecular formula is C16H27N3O3S. The maximum atomic E-state index is 12.7. The highest BCUT2D eigenvalue weighted by Gasteiger charge is 2.30. The van der Waals surface area contributed by atoms with Crippen LogP contribution >= 0.6 is 11.8 Å². The van der Waals surface area contributed by atoms with Crippen molar-refractivity contribution >= 4 is 29.5 Å². The van der Waals surface area contributed by atoms with Gasteiger partial charge in [0, 0.05) is 52.1 Å². The molecule has 0 bridgehead atoms. The van der Waals surface area contributed by atoms with Gasteiger partial charge in [0.15, 0.2) is 0 Å². The van der Waals surface area contributed by atoms with Crippen molar-refractivity contribution in [2.24, 2.45) is 5.92 Å². The van der Waals surface area contributed by atoms with E-state index in [2.05, 4.69) is 0 Å². The third-order valence-electron chi connectivity index (χ3n) is 4.72. The van der Waals surface area contributed by atoms with Crippen molar-refractivity contribution < 1.29 is 14.4 Å². The lowest BCUT2D eigenvalue weighted by Crippen LogP contribution is -2.45. The highest BCUT2D eigenvalue weighted by Crippen LogP contribution is 2.20. The Hall–Kier alpha value is -1.24. The molecule has 0 unspecified atom stereocenters. The number of amides is 3. The van der Waals surface area contributed by atoms with E-state index in [4.69, 9.17) is 0 Å².